The zero-order chi connectivity index (χ0) is 21.0. The fourth-order valence-corrected chi connectivity index (χ4v) is 3.26. The Labute approximate surface area is 169 Å². The monoisotopic (exact) mass is 399 g/mol. The summed E-state index contributed by atoms with van der Waals surface area (Å²) in [5.74, 6) is -0.807. The number of benzene rings is 1. The first-order valence-electron chi connectivity index (χ1n) is 9.54. The molecule has 29 heavy (non-hydrogen) atoms. The summed E-state index contributed by atoms with van der Waals surface area (Å²) >= 11 is 0. The first-order valence-corrected chi connectivity index (χ1v) is 9.54. The number of anilines is 1. The third kappa shape index (κ3) is 4.56. The summed E-state index contributed by atoms with van der Waals surface area (Å²) in [6, 6.07) is 7.99. The number of nitrogens with one attached hydrogen (secondary N) is 2. The van der Waals surface area contributed by atoms with E-state index in [0.717, 1.165) is 5.69 Å². The highest BCUT2D eigenvalue weighted by molar-refractivity contribution is 6.04. The average molecular weight is 399 g/mol. The van der Waals surface area contributed by atoms with Crippen molar-refractivity contribution >= 4 is 23.6 Å². The molecule has 2 heterocycles. The number of hydrogen-bond acceptors (Lipinski definition) is 5. The minimum Gasteiger partial charge on any atom is -0.464 e. The van der Waals surface area contributed by atoms with Gasteiger partial charge in [-0.1, -0.05) is 18.2 Å². The van der Waals surface area contributed by atoms with Crippen LogP contribution in [-0.2, 0) is 29.5 Å². The van der Waals surface area contributed by atoms with E-state index in [9.17, 15) is 14.4 Å². The zero-order valence-electron chi connectivity index (χ0n) is 16.8. The Bertz CT molecular complexity index is 909. The van der Waals surface area contributed by atoms with Crippen LogP contribution in [0.4, 0.5) is 10.5 Å². The van der Waals surface area contributed by atoms with E-state index in [1.807, 2.05) is 18.2 Å². The number of aromatic nitrogens is 2. The van der Waals surface area contributed by atoms with Crippen LogP contribution in [0.2, 0.25) is 0 Å². The van der Waals surface area contributed by atoms with Crippen molar-refractivity contribution in [3.05, 3.63) is 47.3 Å². The molecule has 2 N–H and O–H groups in total. The smallest absolute Gasteiger partial charge is 0.328 e. The van der Waals surface area contributed by atoms with Crippen LogP contribution in [0.5, 0.6) is 0 Å². The second kappa shape index (κ2) is 8.76. The molecule has 2 aromatic rings. The largest absolute Gasteiger partial charge is 0.464 e. The number of ether oxygens (including phenoxy) is 1. The van der Waals surface area contributed by atoms with Crippen molar-refractivity contribution in [2.45, 2.75) is 32.9 Å². The SMILES string of the molecule is CCOC(=O)[C@H](C)NC(=O)N1CCc2c(c(C(=O)Nc3ccccc3)nn2C)C1. The second-order valence-corrected chi connectivity index (χ2v) is 6.81. The molecular weight excluding hydrogens is 374 g/mol. The maximum atomic E-state index is 12.7. The highest BCUT2D eigenvalue weighted by Gasteiger charge is 2.30. The number of urea groups is 1. The minimum atomic E-state index is -0.751. The van der Waals surface area contributed by atoms with Crippen LogP contribution in [-0.4, -0.2) is 51.8 Å². The lowest BCUT2D eigenvalue weighted by molar-refractivity contribution is -0.144. The van der Waals surface area contributed by atoms with Gasteiger partial charge in [0.05, 0.1) is 13.2 Å². The Kier molecular flexibility index (Phi) is 6.16. The van der Waals surface area contributed by atoms with Gasteiger partial charge in [0, 0.05) is 37.0 Å². The summed E-state index contributed by atoms with van der Waals surface area (Å²) in [5, 5.41) is 9.84. The van der Waals surface area contributed by atoms with Crippen LogP contribution in [0, 0.1) is 0 Å². The number of aryl methyl sites for hydroxylation is 1. The van der Waals surface area contributed by atoms with E-state index in [2.05, 4.69) is 15.7 Å². The maximum absolute atomic E-state index is 12.7. The Hall–Kier alpha value is -3.36. The number of esters is 1. The van der Waals surface area contributed by atoms with E-state index in [1.54, 1.807) is 42.6 Å². The lowest BCUT2D eigenvalue weighted by atomic mass is 10.0. The molecule has 0 aliphatic carbocycles. The molecule has 1 aliphatic heterocycles. The van der Waals surface area contributed by atoms with Crippen molar-refractivity contribution in [2.75, 3.05) is 18.5 Å². The van der Waals surface area contributed by atoms with Gasteiger partial charge in [-0.2, -0.15) is 5.10 Å². The summed E-state index contributed by atoms with van der Waals surface area (Å²) < 4.78 is 6.61. The summed E-state index contributed by atoms with van der Waals surface area (Å²) in [5.41, 5.74) is 2.60. The van der Waals surface area contributed by atoms with Crippen LogP contribution in [0.3, 0.4) is 0 Å². The van der Waals surface area contributed by atoms with Gasteiger partial charge in [-0.05, 0) is 26.0 Å². The van der Waals surface area contributed by atoms with Crippen molar-refractivity contribution in [3.8, 4) is 0 Å². The van der Waals surface area contributed by atoms with Crippen molar-refractivity contribution in [1.29, 1.82) is 0 Å². The summed E-state index contributed by atoms with van der Waals surface area (Å²) in [7, 11) is 1.79. The molecular formula is C20H25N5O4. The summed E-state index contributed by atoms with van der Waals surface area (Å²) in [6.45, 7) is 4.24. The van der Waals surface area contributed by atoms with Gasteiger partial charge in [0.2, 0.25) is 0 Å². The van der Waals surface area contributed by atoms with E-state index >= 15 is 0 Å². The molecule has 3 amide bonds. The molecule has 9 heteroatoms. The number of fused-ring (bicyclic) bond motifs is 1. The first kappa shape index (κ1) is 20.4. The number of amides is 3. The predicted octanol–water partition coefficient (Wildman–Crippen LogP) is 1.69. The van der Waals surface area contributed by atoms with Gasteiger partial charge in [0.15, 0.2) is 5.69 Å². The molecule has 0 fully saturated rings. The molecule has 3 rings (SSSR count). The maximum Gasteiger partial charge on any atom is 0.328 e. The quantitative estimate of drug-likeness (QED) is 0.745. The standard InChI is InChI=1S/C20H25N5O4/c1-4-29-19(27)13(2)21-20(28)25-11-10-16-15(12-25)17(23-24(16)3)18(26)22-14-8-6-5-7-9-14/h5-9,13H,4,10-12H2,1-3H3,(H,21,28)(H,22,26)/t13-/m0/s1. The third-order valence-electron chi connectivity index (χ3n) is 4.76. The van der Waals surface area contributed by atoms with Gasteiger partial charge >= 0.3 is 12.0 Å². The van der Waals surface area contributed by atoms with Crippen molar-refractivity contribution in [1.82, 2.24) is 20.0 Å². The Morgan fingerprint density at radius 1 is 1.24 bits per heavy atom. The highest BCUT2D eigenvalue weighted by Crippen LogP contribution is 2.23. The summed E-state index contributed by atoms with van der Waals surface area (Å²) in [4.78, 5) is 38.7. The molecule has 0 unspecified atom stereocenters. The Morgan fingerprint density at radius 2 is 1.97 bits per heavy atom. The number of para-hydroxylation sites is 1. The van der Waals surface area contributed by atoms with Gasteiger partial charge in [-0.15, -0.1) is 0 Å². The molecule has 0 saturated heterocycles. The van der Waals surface area contributed by atoms with Gasteiger partial charge < -0.3 is 20.3 Å². The first-order chi connectivity index (χ1) is 13.9. The molecule has 1 atom stereocenters. The van der Waals surface area contributed by atoms with E-state index in [4.69, 9.17) is 4.74 Å². The highest BCUT2D eigenvalue weighted by atomic mass is 16.5. The van der Waals surface area contributed by atoms with Crippen LogP contribution in [0.15, 0.2) is 30.3 Å². The number of rotatable bonds is 5. The normalized spacial score (nSPS) is 14.0. The van der Waals surface area contributed by atoms with Crippen molar-refractivity contribution in [2.24, 2.45) is 7.05 Å². The van der Waals surface area contributed by atoms with Crippen LogP contribution in [0.1, 0.15) is 35.6 Å². The van der Waals surface area contributed by atoms with Crippen LogP contribution >= 0.6 is 0 Å². The number of carbonyl (C=O) groups is 3. The molecule has 1 aliphatic rings. The fourth-order valence-electron chi connectivity index (χ4n) is 3.26. The topological polar surface area (TPSA) is 106 Å². The Balaban J connectivity index is 1.73. The fraction of sp³-hybridized carbons (Fsp3) is 0.400. The van der Waals surface area contributed by atoms with Crippen LogP contribution in [0.25, 0.3) is 0 Å². The van der Waals surface area contributed by atoms with Crippen molar-refractivity contribution < 1.29 is 19.1 Å². The Morgan fingerprint density at radius 3 is 2.66 bits per heavy atom. The van der Waals surface area contributed by atoms with E-state index in [-0.39, 0.29) is 25.1 Å². The molecule has 1 aromatic carbocycles. The zero-order valence-corrected chi connectivity index (χ0v) is 16.8. The van der Waals surface area contributed by atoms with Gasteiger partial charge in [0.1, 0.15) is 6.04 Å². The van der Waals surface area contributed by atoms with E-state index in [0.29, 0.717) is 29.9 Å². The van der Waals surface area contributed by atoms with Crippen molar-refractivity contribution in [3.63, 3.8) is 0 Å². The third-order valence-corrected chi connectivity index (χ3v) is 4.76. The molecule has 154 valence electrons. The predicted molar refractivity (Wildman–Crippen MR) is 106 cm³/mol. The van der Waals surface area contributed by atoms with E-state index in [1.165, 1.54) is 0 Å². The second-order valence-electron chi connectivity index (χ2n) is 6.81. The molecule has 0 saturated carbocycles. The minimum absolute atomic E-state index is 0.238. The van der Waals surface area contributed by atoms with Gasteiger partial charge in [0.25, 0.3) is 5.91 Å². The van der Waals surface area contributed by atoms with Gasteiger partial charge in [-0.25, -0.2) is 9.59 Å². The van der Waals surface area contributed by atoms with Crippen LogP contribution < -0.4 is 10.6 Å². The number of nitrogens with zero attached hydrogens (tertiary/aromatic N) is 3. The lowest BCUT2D eigenvalue weighted by Gasteiger charge is -2.28. The average Bonchev–Trinajstić information content (AvgIpc) is 3.05. The molecule has 0 radical (unpaired) electrons. The molecule has 0 spiro atoms. The van der Waals surface area contributed by atoms with Gasteiger partial charge in [-0.3, -0.25) is 9.48 Å². The molecule has 1 aromatic heterocycles. The summed E-state index contributed by atoms with van der Waals surface area (Å²) in [6.07, 6.45) is 0.568. The lowest BCUT2D eigenvalue weighted by Crippen LogP contribution is -2.48. The van der Waals surface area contributed by atoms with E-state index < -0.39 is 12.0 Å². The number of hydrogen-bond donors (Lipinski definition) is 2. The molecule has 0 bridgehead atoms. The number of carbonyl (C=O) groups excluding carboxylic acids is 3. The molecule has 9 nitrogen and oxygen atoms in total.